The molecule has 43 heavy (non-hydrogen) atoms. The maximum absolute atomic E-state index is 5.07. The molecule has 4 heterocycles. The van der Waals surface area contributed by atoms with E-state index in [2.05, 4.69) is 122 Å². The fourth-order valence-corrected chi connectivity index (χ4v) is 5.52. The molecule has 0 N–H and O–H groups in total. The molecule has 0 saturated heterocycles. The highest BCUT2D eigenvalue weighted by Crippen LogP contribution is 2.33. The molecule has 7 rings (SSSR count). The average molecular weight is 619 g/mol. The largest absolute Gasteiger partial charge is 0.264 e. The van der Waals surface area contributed by atoms with E-state index in [1.807, 2.05) is 36.8 Å². The van der Waals surface area contributed by atoms with Crippen molar-refractivity contribution in [2.24, 2.45) is 0 Å². The van der Waals surface area contributed by atoms with Gasteiger partial charge in [0.25, 0.3) is 0 Å². The topological polar surface area (TPSA) is 64.5 Å². The van der Waals surface area contributed by atoms with Gasteiger partial charge in [0.15, 0.2) is 5.82 Å². The molecular formula is C37H24BrN5. The van der Waals surface area contributed by atoms with Crippen LogP contribution in [0.15, 0.2) is 151 Å². The van der Waals surface area contributed by atoms with E-state index >= 15 is 0 Å². The molecule has 0 saturated carbocycles. The molecule has 0 bridgehead atoms. The van der Waals surface area contributed by atoms with Gasteiger partial charge in [0.2, 0.25) is 0 Å². The quantitative estimate of drug-likeness (QED) is 0.186. The molecule has 0 radical (unpaired) electrons. The Labute approximate surface area is 258 Å². The van der Waals surface area contributed by atoms with E-state index in [0.29, 0.717) is 5.82 Å². The van der Waals surface area contributed by atoms with Crippen molar-refractivity contribution in [1.29, 1.82) is 0 Å². The molecule has 0 aliphatic rings. The molecule has 0 unspecified atom stereocenters. The van der Waals surface area contributed by atoms with Gasteiger partial charge < -0.3 is 0 Å². The maximum atomic E-state index is 5.07. The van der Waals surface area contributed by atoms with Gasteiger partial charge in [0, 0.05) is 63.9 Å². The van der Waals surface area contributed by atoms with Crippen molar-refractivity contribution < 1.29 is 0 Å². The molecule has 0 amide bonds. The minimum atomic E-state index is 0.657. The lowest BCUT2D eigenvalue weighted by Gasteiger charge is -2.12. The minimum Gasteiger partial charge on any atom is -0.264 e. The van der Waals surface area contributed by atoms with Crippen molar-refractivity contribution in [3.8, 4) is 67.3 Å². The van der Waals surface area contributed by atoms with Gasteiger partial charge in [-0.2, -0.15) is 0 Å². The maximum Gasteiger partial charge on any atom is 0.160 e. The fourth-order valence-electron chi connectivity index (χ4n) is 5.02. The fraction of sp³-hybridized carbons (Fsp3) is 0. The van der Waals surface area contributed by atoms with Crippen LogP contribution < -0.4 is 0 Å². The molecule has 0 atom stereocenters. The summed E-state index contributed by atoms with van der Waals surface area (Å²) in [6.07, 6.45) is 11.0. The lowest BCUT2D eigenvalue weighted by Crippen LogP contribution is -1.96. The highest BCUT2D eigenvalue weighted by molar-refractivity contribution is 9.10. The third-order valence-electron chi connectivity index (χ3n) is 7.23. The molecule has 0 fully saturated rings. The Morgan fingerprint density at radius 2 is 0.814 bits per heavy atom. The van der Waals surface area contributed by atoms with Crippen molar-refractivity contribution in [2.45, 2.75) is 0 Å². The molecule has 0 spiro atoms. The SMILES string of the molecule is Brc1cc(-c2cccnc2)cc(-c2cc(-c3ccc(-c4cccnc4)cc3)nc(-c3ccc(-c4cccnc4)cc3)n2)c1. The van der Waals surface area contributed by atoms with Crippen molar-refractivity contribution >= 4 is 15.9 Å². The summed E-state index contributed by atoms with van der Waals surface area (Å²) in [5.74, 6) is 0.657. The normalized spacial score (nSPS) is 10.9. The van der Waals surface area contributed by atoms with Gasteiger partial charge in [-0.15, -0.1) is 0 Å². The summed E-state index contributed by atoms with van der Waals surface area (Å²) in [6, 6.07) is 37.1. The molecular weight excluding hydrogens is 594 g/mol. The Balaban J connectivity index is 1.34. The number of nitrogens with zero attached hydrogens (tertiary/aromatic N) is 5. The van der Waals surface area contributed by atoms with Crippen LogP contribution in [0.4, 0.5) is 0 Å². The molecule has 6 heteroatoms. The number of halogens is 1. The Kier molecular flexibility index (Phi) is 7.34. The van der Waals surface area contributed by atoms with Crippen LogP contribution in [0.1, 0.15) is 0 Å². The molecule has 0 aliphatic heterocycles. The molecule has 0 aliphatic carbocycles. The molecule has 3 aromatic carbocycles. The number of benzene rings is 3. The third kappa shape index (κ3) is 5.87. The van der Waals surface area contributed by atoms with Gasteiger partial charge in [-0.1, -0.05) is 82.7 Å². The smallest absolute Gasteiger partial charge is 0.160 e. The van der Waals surface area contributed by atoms with Crippen molar-refractivity contribution in [1.82, 2.24) is 24.9 Å². The van der Waals surface area contributed by atoms with E-state index in [0.717, 1.165) is 65.9 Å². The second-order valence-corrected chi connectivity index (χ2v) is 11.0. The highest BCUT2D eigenvalue weighted by Gasteiger charge is 2.13. The number of hydrogen-bond donors (Lipinski definition) is 0. The summed E-state index contributed by atoms with van der Waals surface area (Å²) in [4.78, 5) is 23.0. The van der Waals surface area contributed by atoms with E-state index < -0.39 is 0 Å². The first-order chi connectivity index (χ1) is 21.2. The number of pyridine rings is 3. The summed E-state index contributed by atoms with van der Waals surface area (Å²) in [6.45, 7) is 0. The first kappa shape index (κ1) is 26.6. The number of hydrogen-bond acceptors (Lipinski definition) is 5. The van der Waals surface area contributed by atoms with E-state index in [1.54, 1.807) is 18.6 Å². The predicted octanol–water partition coefficient (Wildman–Crippen LogP) is 9.43. The zero-order valence-corrected chi connectivity index (χ0v) is 24.6. The van der Waals surface area contributed by atoms with Gasteiger partial charge in [-0.3, -0.25) is 15.0 Å². The number of rotatable bonds is 6. The van der Waals surface area contributed by atoms with Gasteiger partial charge in [-0.25, -0.2) is 9.97 Å². The first-order valence-corrected chi connectivity index (χ1v) is 14.6. The lowest BCUT2D eigenvalue weighted by molar-refractivity contribution is 1.18. The Morgan fingerprint density at radius 1 is 0.372 bits per heavy atom. The first-order valence-electron chi connectivity index (χ1n) is 13.8. The van der Waals surface area contributed by atoms with E-state index in [9.17, 15) is 0 Å². The zero-order valence-electron chi connectivity index (χ0n) is 23.0. The van der Waals surface area contributed by atoms with Crippen molar-refractivity contribution in [3.05, 3.63) is 151 Å². The van der Waals surface area contributed by atoms with Crippen LogP contribution in [-0.4, -0.2) is 24.9 Å². The third-order valence-corrected chi connectivity index (χ3v) is 7.69. The summed E-state index contributed by atoms with van der Waals surface area (Å²) in [5.41, 5.74) is 11.0. The van der Waals surface area contributed by atoms with Gasteiger partial charge in [0.05, 0.1) is 11.4 Å². The molecule has 5 nitrogen and oxygen atoms in total. The van der Waals surface area contributed by atoms with Crippen LogP contribution >= 0.6 is 15.9 Å². The van der Waals surface area contributed by atoms with Crippen molar-refractivity contribution in [3.63, 3.8) is 0 Å². The number of aromatic nitrogens is 5. The van der Waals surface area contributed by atoms with E-state index in [4.69, 9.17) is 9.97 Å². The Bertz CT molecular complexity index is 1900. The predicted molar refractivity (Wildman–Crippen MR) is 176 cm³/mol. The summed E-state index contributed by atoms with van der Waals surface area (Å²) >= 11 is 3.72. The van der Waals surface area contributed by atoms with Crippen LogP contribution in [0.5, 0.6) is 0 Å². The molecule has 4 aromatic heterocycles. The monoisotopic (exact) mass is 617 g/mol. The Hall–Kier alpha value is -5.33. The highest BCUT2D eigenvalue weighted by atomic mass is 79.9. The average Bonchev–Trinajstić information content (AvgIpc) is 3.09. The minimum absolute atomic E-state index is 0.657. The van der Waals surface area contributed by atoms with Crippen molar-refractivity contribution in [2.75, 3.05) is 0 Å². The Morgan fingerprint density at radius 3 is 1.33 bits per heavy atom. The van der Waals surface area contributed by atoms with Gasteiger partial charge in [-0.05, 0) is 70.3 Å². The second-order valence-electron chi connectivity index (χ2n) is 10.1. The second kappa shape index (κ2) is 11.9. The van der Waals surface area contributed by atoms with Crippen LogP contribution in [0.25, 0.3) is 67.3 Å². The lowest BCUT2D eigenvalue weighted by atomic mass is 10.0. The van der Waals surface area contributed by atoms with Crippen LogP contribution in [0, 0.1) is 0 Å². The molecule has 7 aromatic rings. The van der Waals surface area contributed by atoms with Crippen LogP contribution in [0.2, 0.25) is 0 Å². The van der Waals surface area contributed by atoms with Gasteiger partial charge in [0.1, 0.15) is 0 Å². The van der Waals surface area contributed by atoms with Crippen LogP contribution in [0.3, 0.4) is 0 Å². The van der Waals surface area contributed by atoms with E-state index in [1.165, 1.54) is 0 Å². The van der Waals surface area contributed by atoms with Crippen LogP contribution in [-0.2, 0) is 0 Å². The zero-order chi connectivity index (χ0) is 29.0. The summed E-state index contributed by atoms with van der Waals surface area (Å²) in [7, 11) is 0. The van der Waals surface area contributed by atoms with E-state index in [-0.39, 0.29) is 0 Å². The standard InChI is InChI=1S/C37H24BrN5/c38-34-19-32(31-6-3-17-41-24-31)18-33(20-34)36-21-35(27-11-7-25(8-12-27)29-4-1-15-39-22-29)42-37(43-36)28-13-9-26(10-14-28)30-5-2-16-40-23-30/h1-24H. The van der Waals surface area contributed by atoms with Gasteiger partial charge >= 0.3 is 0 Å². The molecule has 204 valence electrons. The summed E-state index contributed by atoms with van der Waals surface area (Å²) in [5, 5.41) is 0. The summed E-state index contributed by atoms with van der Waals surface area (Å²) < 4.78 is 0.965.